The Morgan fingerprint density at radius 3 is 2.94 bits per heavy atom. The molecule has 0 aromatic heterocycles. The molecule has 0 aliphatic carbocycles. The van der Waals surface area contributed by atoms with Gasteiger partial charge in [-0.15, -0.1) is 0 Å². The second-order valence-corrected chi connectivity index (χ2v) is 5.25. The minimum absolute atomic E-state index is 0.0603. The maximum Gasteiger partial charge on any atom is 0.242 e. The fourth-order valence-electron chi connectivity index (χ4n) is 1.69. The highest BCUT2D eigenvalue weighted by molar-refractivity contribution is 7.98. The molecule has 1 aliphatic heterocycles. The summed E-state index contributed by atoms with van der Waals surface area (Å²) in [7, 11) is 0. The van der Waals surface area contributed by atoms with Gasteiger partial charge in [-0.25, -0.2) is 0 Å². The molecule has 0 aromatic carbocycles. The van der Waals surface area contributed by atoms with Crippen molar-refractivity contribution in [2.24, 2.45) is 5.73 Å². The van der Waals surface area contributed by atoms with Gasteiger partial charge < -0.3 is 15.8 Å². The van der Waals surface area contributed by atoms with E-state index < -0.39 is 5.54 Å². The van der Waals surface area contributed by atoms with Gasteiger partial charge in [-0.3, -0.25) is 4.79 Å². The predicted octanol–water partition coefficient (Wildman–Crippen LogP) is 0.754. The van der Waals surface area contributed by atoms with E-state index in [0.29, 0.717) is 19.6 Å². The minimum atomic E-state index is -0.779. The fraction of sp³-hybridized carbons (Fsp3) is 0.909. The molecule has 1 fully saturated rings. The molecule has 16 heavy (non-hydrogen) atoms. The molecule has 4 nitrogen and oxygen atoms in total. The lowest BCUT2D eigenvalue weighted by atomic mass is 9.99. The molecule has 1 amide bonds. The Morgan fingerprint density at radius 1 is 1.50 bits per heavy atom. The van der Waals surface area contributed by atoms with Crippen molar-refractivity contribution in [3.8, 4) is 0 Å². The number of carbonyl (C=O) groups excluding carboxylic acids is 1. The van der Waals surface area contributed by atoms with Gasteiger partial charge in [0, 0.05) is 13.2 Å². The summed E-state index contributed by atoms with van der Waals surface area (Å²) in [5.74, 6) is 1.14. The molecule has 1 heterocycles. The molecule has 1 rings (SSSR count). The van der Waals surface area contributed by atoms with Crippen molar-refractivity contribution in [2.45, 2.75) is 31.2 Å². The third-order valence-corrected chi connectivity index (χ3v) is 3.51. The second kappa shape index (κ2) is 7.14. The lowest BCUT2D eigenvalue weighted by Crippen LogP contribution is -2.54. The van der Waals surface area contributed by atoms with Gasteiger partial charge in [-0.05, 0) is 31.3 Å². The molecule has 3 N–H and O–H groups in total. The zero-order valence-electron chi connectivity index (χ0n) is 9.96. The zero-order valence-corrected chi connectivity index (χ0v) is 10.8. The smallest absolute Gasteiger partial charge is 0.242 e. The van der Waals surface area contributed by atoms with E-state index in [1.165, 1.54) is 12.2 Å². The Labute approximate surface area is 102 Å². The van der Waals surface area contributed by atoms with E-state index in [1.54, 1.807) is 0 Å². The lowest BCUT2D eigenvalue weighted by Gasteiger charge is -2.20. The van der Waals surface area contributed by atoms with E-state index in [9.17, 15) is 4.79 Å². The maximum atomic E-state index is 11.7. The average Bonchev–Trinajstić information content (AvgIpc) is 2.71. The topological polar surface area (TPSA) is 64.4 Å². The number of hydrogen-bond donors (Lipinski definition) is 2. The SMILES string of the molecule is CSCCCCCNC(=O)C1(N)CCOC1. The van der Waals surface area contributed by atoms with Crippen LogP contribution in [0.15, 0.2) is 0 Å². The number of amides is 1. The van der Waals surface area contributed by atoms with E-state index in [-0.39, 0.29) is 5.91 Å². The summed E-state index contributed by atoms with van der Waals surface area (Å²) >= 11 is 1.86. The summed E-state index contributed by atoms with van der Waals surface area (Å²) in [5, 5.41) is 2.89. The summed E-state index contributed by atoms with van der Waals surface area (Å²) in [6, 6.07) is 0. The molecule has 0 radical (unpaired) electrons. The van der Waals surface area contributed by atoms with Crippen molar-refractivity contribution in [3.05, 3.63) is 0 Å². The van der Waals surface area contributed by atoms with Crippen LogP contribution in [0.4, 0.5) is 0 Å². The first kappa shape index (κ1) is 13.8. The first-order valence-electron chi connectivity index (χ1n) is 5.83. The van der Waals surface area contributed by atoms with Crippen LogP contribution in [0.2, 0.25) is 0 Å². The normalized spacial score (nSPS) is 24.6. The van der Waals surface area contributed by atoms with Crippen LogP contribution in [0, 0.1) is 0 Å². The van der Waals surface area contributed by atoms with Crippen LogP contribution in [0.5, 0.6) is 0 Å². The summed E-state index contributed by atoms with van der Waals surface area (Å²) < 4.78 is 5.15. The highest BCUT2D eigenvalue weighted by Crippen LogP contribution is 2.15. The van der Waals surface area contributed by atoms with Crippen molar-refractivity contribution in [3.63, 3.8) is 0 Å². The fourth-order valence-corrected chi connectivity index (χ4v) is 2.18. The molecule has 1 aliphatic rings. The van der Waals surface area contributed by atoms with Crippen LogP contribution in [0.1, 0.15) is 25.7 Å². The predicted molar refractivity (Wildman–Crippen MR) is 67.6 cm³/mol. The average molecular weight is 246 g/mol. The Hall–Kier alpha value is -0.260. The lowest BCUT2D eigenvalue weighted by molar-refractivity contribution is -0.126. The molecule has 1 saturated heterocycles. The molecule has 0 spiro atoms. The van der Waals surface area contributed by atoms with E-state index in [0.717, 1.165) is 19.4 Å². The van der Waals surface area contributed by atoms with Crippen LogP contribution >= 0.6 is 11.8 Å². The summed E-state index contributed by atoms with van der Waals surface area (Å²) in [5.41, 5.74) is 5.15. The molecular formula is C11H22N2O2S. The van der Waals surface area contributed by atoms with E-state index in [4.69, 9.17) is 10.5 Å². The number of nitrogens with two attached hydrogens (primary N) is 1. The van der Waals surface area contributed by atoms with Crippen LogP contribution in [-0.2, 0) is 9.53 Å². The third-order valence-electron chi connectivity index (χ3n) is 2.82. The van der Waals surface area contributed by atoms with Crippen molar-refractivity contribution in [1.29, 1.82) is 0 Å². The number of thioether (sulfide) groups is 1. The van der Waals surface area contributed by atoms with Crippen molar-refractivity contribution < 1.29 is 9.53 Å². The van der Waals surface area contributed by atoms with Crippen LogP contribution in [-0.4, -0.2) is 43.2 Å². The summed E-state index contributed by atoms with van der Waals surface area (Å²) in [4.78, 5) is 11.7. The van der Waals surface area contributed by atoms with Gasteiger partial charge >= 0.3 is 0 Å². The van der Waals surface area contributed by atoms with Crippen molar-refractivity contribution >= 4 is 17.7 Å². The van der Waals surface area contributed by atoms with Gasteiger partial charge in [0.15, 0.2) is 0 Å². The van der Waals surface area contributed by atoms with E-state index >= 15 is 0 Å². The highest BCUT2D eigenvalue weighted by atomic mass is 32.2. The molecule has 1 atom stereocenters. The van der Waals surface area contributed by atoms with Gasteiger partial charge in [-0.1, -0.05) is 6.42 Å². The summed E-state index contributed by atoms with van der Waals surface area (Å²) in [6.45, 7) is 1.68. The van der Waals surface area contributed by atoms with Gasteiger partial charge in [-0.2, -0.15) is 11.8 Å². The number of ether oxygens (including phenoxy) is 1. The van der Waals surface area contributed by atoms with Gasteiger partial charge in [0.05, 0.1) is 6.61 Å². The standard InChI is InChI=1S/C11H22N2O2S/c1-16-8-4-2-3-6-13-10(14)11(12)5-7-15-9-11/h2-9,12H2,1H3,(H,13,14). The van der Waals surface area contributed by atoms with E-state index in [2.05, 4.69) is 11.6 Å². The Balaban J connectivity index is 2.06. The van der Waals surface area contributed by atoms with E-state index in [1.807, 2.05) is 11.8 Å². The Kier molecular flexibility index (Phi) is 6.16. The first-order valence-corrected chi connectivity index (χ1v) is 7.22. The zero-order chi connectivity index (χ0) is 11.9. The van der Waals surface area contributed by atoms with Crippen LogP contribution in [0.3, 0.4) is 0 Å². The van der Waals surface area contributed by atoms with Gasteiger partial charge in [0.1, 0.15) is 5.54 Å². The number of nitrogens with one attached hydrogen (secondary N) is 1. The molecule has 0 saturated carbocycles. The summed E-state index contributed by atoms with van der Waals surface area (Å²) in [6.07, 6.45) is 6.15. The van der Waals surface area contributed by atoms with Crippen LogP contribution in [0.25, 0.3) is 0 Å². The van der Waals surface area contributed by atoms with Crippen molar-refractivity contribution in [2.75, 3.05) is 31.8 Å². The molecule has 5 heteroatoms. The Bertz CT molecular complexity index is 218. The van der Waals surface area contributed by atoms with Crippen LogP contribution < -0.4 is 11.1 Å². The quantitative estimate of drug-likeness (QED) is 0.651. The van der Waals surface area contributed by atoms with Gasteiger partial charge in [0.25, 0.3) is 0 Å². The second-order valence-electron chi connectivity index (χ2n) is 4.27. The first-order chi connectivity index (χ1) is 7.69. The monoisotopic (exact) mass is 246 g/mol. The van der Waals surface area contributed by atoms with Crippen molar-refractivity contribution in [1.82, 2.24) is 5.32 Å². The molecule has 1 unspecified atom stereocenters. The largest absolute Gasteiger partial charge is 0.379 e. The minimum Gasteiger partial charge on any atom is -0.379 e. The third kappa shape index (κ3) is 4.31. The maximum absolute atomic E-state index is 11.7. The number of hydrogen-bond acceptors (Lipinski definition) is 4. The van der Waals surface area contributed by atoms with Gasteiger partial charge in [0.2, 0.25) is 5.91 Å². The number of carbonyl (C=O) groups is 1. The Morgan fingerprint density at radius 2 is 2.31 bits per heavy atom. The number of unbranched alkanes of at least 4 members (excludes halogenated alkanes) is 2. The molecule has 0 aromatic rings. The molecular weight excluding hydrogens is 224 g/mol. The molecule has 0 bridgehead atoms. The molecule has 94 valence electrons. The number of rotatable bonds is 7. The highest BCUT2D eigenvalue weighted by Gasteiger charge is 2.37.